The van der Waals surface area contributed by atoms with E-state index >= 15 is 0 Å². The van der Waals surface area contributed by atoms with Crippen molar-refractivity contribution in [3.8, 4) is 0 Å². The Bertz CT molecular complexity index is 510. The molecule has 110 valence electrons. The zero-order chi connectivity index (χ0) is 14.9. The number of halogens is 1. The fraction of sp³-hybridized carbons (Fsp3) is 0.600. The second-order valence-corrected chi connectivity index (χ2v) is 6.82. The van der Waals surface area contributed by atoms with Gasteiger partial charge in [-0.15, -0.1) is 0 Å². The van der Waals surface area contributed by atoms with Gasteiger partial charge in [0.25, 0.3) is 0 Å². The van der Waals surface area contributed by atoms with Crippen LogP contribution in [0.5, 0.6) is 0 Å². The second-order valence-electron chi connectivity index (χ2n) is 6.42. The van der Waals surface area contributed by atoms with Gasteiger partial charge in [0, 0.05) is 20.0 Å². The van der Waals surface area contributed by atoms with Crippen LogP contribution >= 0.6 is 11.6 Å². The van der Waals surface area contributed by atoms with Gasteiger partial charge >= 0.3 is 0 Å². The molecule has 1 N–H and O–H groups in total. The van der Waals surface area contributed by atoms with Gasteiger partial charge in [-0.2, -0.15) is 0 Å². The van der Waals surface area contributed by atoms with E-state index in [1.165, 1.54) is 0 Å². The van der Waals surface area contributed by atoms with Crippen molar-refractivity contribution in [2.45, 2.75) is 33.7 Å². The molecule has 1 saturated heterocycles. The van der Waals surface area contributed by atoms with Crippen LogP contribution in [0.15, 0.2) is 12.1 Å². The molecule has 1 aromatic rings. The minimum Gasteiger partial charge on any atom is -0.373 e. The monoisotopic (exact) mass is 295 g/mol. The summed E-state index contributed by atoms with van der Waals surface area (Å²) in [7, 11) is 1.82. The molecule has 20 heavy (non-hydrogen) atoms. The molecule has 2 rings (SSSR count). The van der Waals surface area contributed by atoms with E-state index in [2.05, 4.69) is 31.1 Å². The molecule has 4 nitrogen and oxygen atoms in total. The Labute approximate surface area is 125 Å². The van der Waals surface area contributed by atoms with Crippen molar-refractivity contribution in [3.63, 3.8) is 0 Å². The van der Waals surface area contributed by atoms with E-state index in [-0.39, 0.29) is 11.3 Å². The lowest BCUT2D eigenvalue weighted by Gasteiger charge is -2.26. The number of pyridine rings is 1. The van der Waals surface area contributed by atoms with Crippen LogP contribution in [0.2, 0.25) is 5.02 Å². The molecule has 1 aliphatic heterocycles. The van der Waals surface area contributed by atoms with Crippen molar-refractivity contribution < 1.29 is 4.79 Å². The van der Waals surface area contributed by atoms with E-state index < -0.39 is 0 Å². The molecule has 1 aliphatic rings. The van der Waals surface area contributed by atoms with Gasteiger partial charge in [0.1, 0.15) is 5.82 Å². The van der Waals surface area contributed by atoms with Gasteiger partial charge in [-0.1, -0.05) is 32.4 Å². The molecule has 1 aromatic heterocycles. The van der Waals surface area contributed by atoms with E-state index in [1.54, 1.807) is 0 Å². The van der Waals surface area contributed by atoms with Crippen LogP contribution < -0.4 is 5.32 Å². The van der Waals surface area contributed by atoms with Gasteiger partial charge in [-0.3, -0.25) is 4.79 Å². The molecular weight excluding hydrogens is 274 g/mol. The molecule has 1 unspecified atom stereocenters. The highest BCUT2D eigenvalue weighted by Crippen LogP contribution is 2.35. The van der Waals surface area contributed by atoms with E-state index in [0.717, 1.165) is 18.1 Å². The molecule has 0 spiro atoms. The average molecular weight is 296 g/mol. The number of nitrogens with one attached hydrogen (secondary N) is 1. The summed E-state index contributed by atoms with van der Waals surface area (Å²) in [5.41, 5.74) is 0.899. The molecule has 2 heterocycles. The van der Waals surface area contributed by atoms with E-state index in [0.29, 0.717) is 23.9 Å². The fourth-order valence-corrected chi connectivity index (χ4v) is 2.59. The van der Waals surface area contributed by atoms with Gasteiger partial charge in [-0.05, 0) is 23.5 Å². The zero-order valence-electron chi connectivity index (χ0n) is 12.5. The molecule has 1 amide bonds. The van der Waals surface area contributed by atoms with Gasteiger partial charge in [0.2, 0.25) is 5.91 Å². The summed E-state index contributed by atoms with van der Waals surface area (Å²) in [6.07, 6.45) is 0.618. The summed E-state index contributed by atoms with van der Waals surface area (Å²) < 4.78 is 0. The van der Waals surface area contributed by atoms with Crippen molar-refractivity contribution >= 4 is 23.3 Å². The Morgan fingerprint density at radius 3 is 2.70 bits per heavy atom. The van der Waals surface area contributed by atoms with Crippen molar-refractivity contribution in [1.82, 2.24) is 9.88 Å². The van der Waals surface area contributed by atoms with Gasteiger partial charge in [0.05, 0.1) is 17.3 Å². The highest BCUT2D eigenvalue weighted by Gasteiger charge is 2.36. The third-order valence-electron chi connectivity index (χ3n) is 3.95. The van der Waals surface area contributed by atoms with E-state index in [1.807, 2.05) is 24.1 Å². The van der Waals surface area contributed by atoms with Crippen molar-refractivity contribution in [2.24, 2.45) is 11.3 Å². The summed E-state index contributed by atoms with van der Waals surface area (Å²) in [6, 6.07) is 3.65. The topological polar surface area (TPSA) is 45.2 Å². The number of likely N-dealkylation sites (tertiary alicyclic amines) is 1. The number of nitrogens with zero attached hydrogens (tertiary/aromatic N) is 2. The molecule has 0 aromatic carbocycles. The van der Waals surface area contributed by atoms with Crippen LogP contribution in [-0.4, -0.2) is 29.4 Å². The maximum atomic E-state index is 12.1. The summed E-state index contributed by atoms with van der Waals surface area (Å²) in [5.74, 6) is 1.35. The van der Waals surface area contributed by atoms with Crippen LogP contribution in [-0.2, 0) is 11.3 Å². The maximum absolute atomic E-state index is 12.1. The number of aromatic nitrogens is 1. The van der Waals surface area contributed by atoms with Crippen molar-refractivity contribution in [3.05, 3.63) is 22.8 Å². The highest BCUT2D eigenvalue weighted by atomic mass is 35.5. The molecule has 0 bridgehead atoms. The Morgan fingerprint density at radius 1 is 1.45 bits per heavy atom. The first-order valence-electron chi connectivity index (χ1n) is 6.92. The number of rotatable bonds is 3. The third kappa shape index (κ3) is 3.23. The minimum atomic E-state index is 0.147. The smallest absolute Gasteiger partial charge is 0.223 e. The van der Waals surface area contributed by atoms with Gasteiger partial charge in [-0.25, -0.2) is 4.98 Å². The first kappa shape index (κ1) is 15.1. The molecular formula is C15H22ClN3O. The highest BCUT2D eigenvalue weighted by molar-refractivity contribution is 6.31. The van der Waals surface area contributed by atoms with Crippen LogP contribution in [0.1, 0.15) is 32.9 Å². The molecule has 1 fully saturated rings. The van der Waals surface area contributed by atoms with Crippen molar-refractivity contribution in [1.29, 1.82) is 0 Å². The van der Waals surface area contributed by atoms with Crippen LogP contribution in [0.25, 0.3) is 0 Å². The van der Waals surface area contributed by atoms with Crippen molar-refractivity contribution in [2.75, 3.05) is 18.9 Å². The Hall–Kier alpha value is -1.29. The van der Waals surface area contributed by atoms with Crippen LogP contribution in [0, 0.1) is 11.3 Å². The number of amides is 1. The van der Waals surface area contributed by atoms with Gasteiger partial charge in [0.15, 0.2) is 0 Å². The number of carbonyl (C=O) groups excluding carboxylic acids is 1. The van der Waals surface area contributed by atoms with Gasteiger partial charge < -0.3 is 10.2 Å². The predicted molar refractivity (Wildman–Crippen MR) is 81.8 cm³/mol. The first-order chi connectivity index (χ1) is 9.31. The predicted octanol–water partition coefficient (Wildman–Crippen LogP) is 3.17. The minimum absolute atomic E-state index is 0.147. The lowest BCUT2D eigenvalue weighted by Crippen LogP contribution is -2.27. The summed E-state index contributed by atoms with van der Waals surface area (Å²) in [6.45, 7) is 7.81. The number of hydrogen-bond acceptors (Lipinski definition) is 3. The molecule has 5 heteroatoms. The third-order valence-corrected chi connectivity index (χ3v) is 4.30. The maximum Gasteiger partial charge on any atom is 0.223 e. The zero-order valence-corrected chi connectivity index (χ0v) is 13.3. The fourth-order valence-electron chi connectivity index (χ4n) is 2.42. The Balaban J connectivity index is 2.13. The lowest BCUT2D eigenvalue weighted by atomic mass is 9.80. The quantitative estimate of drug-likeness (QED) is 0.931. The standard InChI is InChI=1S/C15H22ClN3O/c1-15(2,3)10-7-14(20)19(8-10)9-12-11(16)5-6-13(17-4)18-12/h5-6,10H,7-9H2,1-4H3,(H,17,18). The Morgan fingerprint density at radius 2 is 2.15 bits per heavy atom. The van der Waals surface area contributed by atoms with Crippen LogP contribution in [0.3, 0.4) is 0 Å². The number of anilines is 1. The van der Waals surface area contributed by atoms with E-state index in [4.69, 9.17) is 11.6 Å². The summed E-state index contributed by atoms with van der Waals surface area (Å²) in [5, 5.41) is 3.60. The Kier molecular flexibility index (Phi) is 4.23. The van der Waals surface area contributed by atoms with Crippen LogP contribution in [0.4, 0.5) is 5.82 Å². The SMILES string of the molecule is CNc1ccc(Cl)c(CN2CC(C(C)(C)C)CC2=O)n1. The first-order valence-corrected chi connectivity index (χ1v) is 7.30. The normalized spacial score (nSPS) is 19.6. The van der Waals surface area contributed by atoms with E-state index in [9.17, 15) is 4.79 Å². The average Bonchev–Trinajstić information content (AvgIpc) is 2.74. The summed E-state index contributed by atoms with van der Waals surface area (Å²) >= 11 is 6.18. The second kappa shape index (κ2) is 5.60. The molecule has 0 saturated carbocycles. The number of hydrogen-bond donors (Lipinski definition) is 1. The lowest BCUT2D eigenvalue weighted by molar-refractivity contribution is -0.128. The summed E-state index contributed by atoms with van der Waals surface area (Å²) in [4.78, 5) is 18.4. The number of carbonyl (C=O) groups is 1. The molecule has 0 aliphatic carbocycles. The molecule has 1 atom stereocenters. The largest absolute Gasteiger partial charge is 0.373 e. The molecule has 0 radical (unpaired) electrons.